The van der Waals surface area contributed by atoms with Crippen LogP contribution in [0.4, 0.5) is 0 Å². The minimum Gasteiger partial charge on any atom is -0.267 e. The highest BCUT2D eigenvalue weighted by Gasteiger charge is 2.08. The van der Waals surface area contributed by atoms with E-state index in [4.69, 9.17) is 0 Å². The first-order chi connectivity index (χ1) is 6.09. The van der Waals surface area contributed by atoms with E-state index >= 15 is 0 Å². The van der Waals surface area contributed by atoms with E-state index in [2.05, 4.69) is 10.1 Å². The second-order valence-corrected chi connectivity index (χ2v) is 4.10. The molecule has 0 saturated carbocycles. The molecule has 0 unspecified atom stereocenters. The highest BCUT2D eigenvalue weighted by molar-refractivity contribution is 7.16. The van der Waals surface area contributed by atoms with Crippen LogP contribution in [0.15, 0.2) is 4.79 Å². The largest absolute Gasteiger partial charge is 0.278 e. The molecule has 0 aliphatic rings. The Labute approximate surface area is 78.9 Å². The van der Waals surface area contributed by atoms with E-state index in [1.165, 1.54) is 15.9 Å². The van der Waals surface area contributed by atoms with Crippen LogP contribution >= 0.6 is 11.3 Å². The molecule has 0 bridgehead atoms. The summed E-state index contributed by atoms with van der Waals surface area (Å²) < 4.78 is 1.36. The van der Waals surface area contributed by atoms with Gasteiger partial charge in [0.15, 0.2) is 0 Å². The summed E-state index contributed by atoms with van der Waals surface area (Å²) in [5.74, 6) is 0. The molecule has 5 heteroatoms. The molecule has 68 valence electrons. The first-order valence-corrected chi connectivity index (χ1v) is 4.75. The van der Waals surface area contributed by atoms with E-state index in [-0.39, 0.29) is 5.56 Å². The van der Waals surface area contributed by atoms with Crippen molar-refractivity contribution in [1.29, 1.82) is 0 Å². The minimum absolute atomic E-state index is 0.0631. The molecule has 2 aromatic rings. The van der Waals surface area contributed by atoms with E-state index in [1.807, 2.05) is 13.8 Å². The molecule has 0 fully saturated rings. The van der Waals surface area contributed by atoms with Gasteiger partial charge in [-0.15, -0.1) is 0 Å². The first kappa shape index (κ1) is 8.37. The van der Waals surface area contributed by atoms with Gasteiger partial charge in [0, 0.05) is 11.3 Å². The van der Waals surface area contributed by atoms with Gasteiger partial charge in [0.05, 0.1) is 0 Å². The summed E-state index contributed by atoms with van der Waals surface area (Å²) in [6, 6.07) is 0. The van der Waals surface area contributed by atoms with Crippen LogP contribution in [0, 0.1) is 20.8 Å². The van der Waals surface area contributed by atoms with Crippen LogP contribution < -0.4 is 5.56 Å². The molecular formula is C8H9N3OS. The van der Waals surface area contributed by atoms with Gasteiger partial charge in [-0.25, -0.2) is 4.98 Å². The fourth-order valence-corrected chi connectivity index (χ4v) is 1.90. The Morgan fingerprint density at radius 2 is 2.00 bits per heavy atom. The SMILES string of the molecule is Cc1nn2c(=O)c(C)c(C)nc2s1. The average Bonchev–Trinajstić information content (AvgIpc) is 2.42. The summed E-state index contributed by atoms with van der Waals surface area (Å²) in [6.07, 6.45) is 0. The van der Waals surface area contributed by atoms with Crippen molar-refractivity contribution in [2.75, 3.05) is 0 Å². The van der Waals surface area contributed by atoms with Crippen molar-refractivity contribution < 1.29 is 0 Å². The lowest BCUT2D eigenvalue weighted by Gasteiger charge is -1.96. The van der Waals surface area contributed by atoms with Crippen molar-refractivity contribution >= 4 is 16.3 Å². The second-order valence-electron chi connectivity index (χ2n) is 2.94. The van der Waals surface area contributed by atoms with Crippen molar-refractivity contribution in [3.05, 3.63) is 26.6 Å². The zero-order valence-corrected chi connectivity index (χ0v) is 8.47. The van der Waals surface area contributed by atoms with Gasteiger partial charge in [0.1, 0.15) is 5.01 Å². The van der Waals surface area contributed by atoms with Crippen LogP contribution in [0.2, 0.25) is 0 Å². The number of rotatable bonds is 0. The van der Waals surface area contributed by atoms with E-state index in [1.54, 1.807) is 6.92 Å². The van der Waals surface area contributed by atoms with Gasteiger partial charge < -0.3 is 0 Å². The molecule has 0 atom stereocenters. The third-order valence-electron chi connectivity index (χ3n) is 1.98. The summed E-state index contributed by atoms with van der Waals surface area (Å²) in [5.41, 5.74) is 1.39. The monoisotopic (exact) mass is 195 g/mol. The fourth-order valence-electron chi connectivity index (χ4n) is 1.12. The van der Waals surface area contributed by atoms with Gasteiger partial charge in [-0.05, 0) is 20.8 Å². The van der Waals surface area contributed by atoms with Gasteiger partial charge in [0.2, 0.25) is 4.96 Å². The third kappa shape index (κ3) is 1.16. The number of nitrogens with zero attached hydrogens (tertiary/aromatic N) is 3. The molecule has 0 amide bonds. The molecule has 4 nitrogen and oxygen atoms in total. The van der Waals surface area contributed by atoms with Gasteiger partial charge in [-0.1, -0.05) is 11.3 Å². The zero-order valence-electron chi connectivity index (χ0n) is 7.66. The van der Waals surface area contributed by atoms with Crippen molar-refractivity contribution in [2.45, 2.75) is 20.8 Å². The summed E-state index contributed by atoms with van der Waals surface area (Å²) in [4.78, 5) is 16.6. The molecule has 2 heterocycles. The Balaban J connectivity index is 3.01. The highest BCUT2D eigenvalue weighted by Crippen LogP contribution is 2.10. The van der Waals surface area contributed by atoms with Crippen molar-refractivity contribution in [1.82, 2.24) is 14.6 Å². The molecule has 2 aromatic heterocycles. The molecule has 13 heavy (non-hydrogen) atoms. The van der Waals surface area contributed by atoms with Crippen LogP contribution in [0.3, 0.4) is 0 Å². The van der Waals surface area contributed by atoms with E-state index in [0.29, 0.717) is 10.5 Å². The normalized spacial score (nSPS) is 11.0. The molecule has 0 spiro atoms. The topological polar surface area (TPSA) is 47.3 Å². The van der Waals surface area contributed by atoms with E-state index in [0.717, 1.165) is 10.7 Å². The summed E-state index contributed by atoms with van der Waals surface area (Å²) in [7, 11) is 0. The Morgan fingerprint density at radius 1 is 1.31 bits per heavy atom. The van der Waals surface area contributed by atoms with Gasteiger partial charge >= 0.3 is 0 Å². The molecule has 0 aliphatic heterocycles. The Kier molecular flexibility index (Phi) is 1.69. The molecule has 0 aromatic carbocycles. The predicted octanol–water partition coefficient (Wildman–Crippen LogP) is 1.08. The summed E-state index contributed by atoms with van der Waals surface area (Å²) in [6.45, 7) is 5.47. The third-order valence-corrected chi connectivity index (χ3v) is 2.80. The van der Waals surface area contributed by atoms with Gasteiger partial charge in [-0.3, -0.25) is 4.79 Å². The molecule has 2 rings (SSSR count). The Bertz CT molecular complexity index is 526. The van der Waals surface area contributed by atoms with Crippen LogP contribution in [0.1, 0.15) is 16.3 Å². The van der Waals surface area contributed by atoms with Crippen LogP contribution in [0.25, 0.3) is 4.96 Å². The van der Waals surface area contributed by atoms with Gasteiger partial charge in [0.25, 0.3) is 5.56 Å². The molecule has 0 saturated heterocycles. The number of hydrogen-bond donors (Lipinski definition) is 0. The number of fused-ring (bicyclic) bond motifs is 1. The van der Waals surface area contributed by atoms with Crippen molar-refractivity contribution in [3.8, 4) is 0 Å². The summed E-state index contributed by atoms with van der Waals surface area (Å²) in [5, 5.41) is 4.93. The standard InChI is InChI=1S/C8H9N3OS/c1-4-5(2)9-8-11(7(4)12)10-6(3)13-8/h1-3H3. The van der Waals surface area contributed by atoms with Gasteiger partial charge in [-0.2, -0.15) is 9.61 Å². The fraction of sp³-hybridized carbons (Fsp3) is 0.375. The van der Waals surface area contributed by atoms with Crippen LogP contribution in [0.5, 0.6) is 0 Å². The van der Waals surface area contributed by atoms with Crippen molar-refractivity contribution in [2.24, 2.45) is 0 Å². The predicted molar refractivity (Wildman–Crippen MR) is 51.3 cm³/mol. The maximum Gasteiger partial charge on any atom is 0.278 e. The lowest BCUT2D eigenvalue weighted by atomic mass is 10.3. The Hall–Kier alpha value is -1.23. The van der Waals surface area contributed by atoms with E-state index < -0.39 is 0 Å². The molecular weight excluding hydrogens is 186 g/mol. The quantitative estimate of drug-likeness (QED) is 0.632. The zero-order chi connectivity index (χ0) is 9.59. The van der Waals surface area contributed by atoms with Crippen LogP contribution in [-0.4, -0.2) is 14.6 Å². The molecule has 0 N–H and O–H groups in total. The van der Waals surface area contributed by atoms with Crippen LogP contribution in [-0.2, 0) is 0 Å². The number of aromatic nitrogens is 3. The minimum atomic E-state index is -0.0631. The lowest BCUT2D eigenvalue weighted by Crippen LogP contribution is -2.19. The van der Waals surface area contributed by atoms with E-state index in [9.17, 15) is 4.79 Å². The Morgan fingerprint density at radius 3 is 2.69 bits per heavy atom. The maximum atomic E-state index is 11.6. The van der Waals surface area contributed by atoms with Crippen molar-refractivity contribution in [3.63, 3.8) is 0 Å². The summed E-state index contributed by atoms with van der Waals surface area (Å²) >= 11 is 1.43. The number of aryl methyl sites for hydroxylation is 2. The molecule has 0 aliphatic carbocycles. The average molecular weight is 195 g/mol. The lowest BCUT2D eigenvalue weighted by molar-refractivity contribution is 0.859. The second kappa shape index (κ2) is 2.63. The number of hydrogen-bond acceptors (Lipinski definition) is 4. The smallest absolute Gasteiger partial charge is 0.267 e. The highest BCUT2D eigenvalue weighted by atomic mass is 32.1. The first-order valence-electron chi connectivity index (χ1n) is 3.93. The maximum absolute atomic E-state index is 11.6. The molecule has 0 radical (unpaired) electrons.